The molecule has 0 saturated heterocycles. The molecule has 0 aliphatic carbocycles. The van der Waals surface area contributed by atoms with E-state index in [2.05, 4.69) is 30.1 Å². The minimum atomic E-state index is 0.444. The number of nitriles is 1. The van der Waals surface area contributed by atoms with E-state index in [0.717, 1.165) is 28.1 Å². The highest BCUT2D eigenvalue weighted by molar-refractivity contribution is 5.78. The number of nitrogens with zero attached hydrogens (tertiary/aromatic N) is 4. The molecule has 0 bridgehead atoms. The van der Waals surface area contributed by atoms with Gasteiger partial charge in [-0.15, -0.1) is 0 Å². The van der Waals surface area contributed by atoms with E-state index in [9.17, 15) is 0 Å². The van der Waals surface area contributed by atoms with Crippen LogP contribution in [0.3, 0.4) is 0 Å². The third-order valence-electron chi connectivity index (χ3n) is 3.55. The van der Waals surface area contributed by atoms with Crippen molar-refractivity contribution in [3.05, 3.63) is 47.7 Å². The molecular formula is C17H16N4. The van der Waals surface area contributed by atoms with Gasteiger partial charge in [-0.3, -0.25) is 0 Å². The number of pyridine rings is 1. The number of aryl methyl sites for hydroxylation is 3. The first kappa shape index (κ1) is 13.3. The molecule has 0 spiro atoms. The Morgan fingerprint density at radius 3 is 2.81 bits per heavy atom. The third-order valence-corrected chi connectivity index (χ3v) is 3.55. The molecule has 0 amide bonds. The lowest BCUT2D eigenvalue weighted by molar-refractivity contribution is 0.737. The molecule has 2 heterocycles. The van der Waals surface area contributed by atoms with Gasteiger partial charge in [-0.2, -0.15) is 5.26 Å². The van der Waals surface area contributed by atoms with Gasteiger partial charge in [0.1, 0.15) is 11.3 Å². The average molecular weight is 276 g/mol. The summed E-state index contributed by atoms with van der Waals surface area (Å²) in [6.07, 6.45) is 2.29. The van der Waals surface area contributed by atoms with E-state index < -0.39 is 0 Å². The zero-order chi connectivity index (χ0) is 14.8. The van der Waals surface area contributed by atoms with Crippen LogP contribution >= 0.6 is 0 Å². The predicted octanol–water partition coefficient (Wildman–Crippen LogP) is 3.63. The Morgan fingerprint density at radius 2 is 2.05 bits per heavy atom. The third kappa shape index (κ3) is 2.38. The quantitative estimate of drug-likeness (QED) is 0.734. The summed E-state index contributed by atoms with van der Waals surface area (Å²) in [7, 11) is 0. The molecule has 0 fully saturated rings. The number of benzene rings is 1. The standard InChI is InChI=1S/C17H16N4/c1-12-10-15-17(19-11-12)21(9-5-8-18)16(20-15)14-7-4-3-6-13(14)2/h3-4,6-7,10-11H,5,9H2,1-2H3. The zero-order valence-corrected chi connectivity index (χ0v) is 12.2. The van der Waals surface area contributed by atoms with Gasteiger partial charge in [0.05, 0.1) is 12.5 Å². The fraction of sp³-hybridized carbons (Fsp3) is 0.235. The maximum atomic E-state index is 8.89. The molecular weight excluding hydrogens is 260 g/mol. The molecule has 0 N–H and O–H groups in total. The highest BCUT2D eigenvalue weighted by atomic mass is 15.1. The number of fused-ring (bicyclic) bond motifs is 1. The first-order valence-corrected chi connectivity index (χ1v) is 6.96. The van der Waals surface area contributed by atoms with Crippen LogP contribution in [-0.4, -0.2) is 14.5 Å². The van der Waals surface area contributed by atoms with Crippen molar-refractivity contribution < 1.29 is 0 Å². The second kappa shape index (κ2) is 5.37. The minimum absolute atomic E-state index is 0.444. The first-order valence-electron chi connectivity index (χ1n) is 6.96. The smallest absolute Gasteiger partial charge is 0.160 e. The van der Waals surface area contributed by atoms with E-state index in [1.165, 1.54) is 5.56 Å². The van der Waals surface area contributed by atoms with Crippen LogP contribution in [0.4, 0.5) is 0 Å². The lowest BCUT2D eigenvalue weighted by atomic mass is 10.1. The van der Waals surface area contributed by atoms with Gasteiger partial charge in [0.25, 0.3) is 0 Å². The minimum Gasteiger partial charge on any atom is -0.308 e. The van der Waals surface area contributed by atoms with Gasteiger partial charge in [0.15, 0.2) is 5.65 Å². The van der Waals surface area contributed by atoms with Crippen LogP contribution in [0.25, 0.3) is 22.6 Å². The summed E-state index contributed by atoms with van der Waals surface area (Å²) in [5.41, 5.74) is 5.07. The van der Waals surface area contributed by atoms with Crippen LogP contribution < -0.4 is 0 Å². The van der Waals surface area contributed by atoms with Gasteiger partial charge < -0.3 is 4.57 Å². The molecule has 0 aliphatic heterocycles. The Bertz CT molecular complexity index is 840. The number of imidazole rings is 1. The van der Waals surface area contributed by atoms with E-state index >= 15 is 0 Å². The first-order chi connectivity index (χ1) is 10.2. The molecule has 1 aromatic carbocycles. The van der Waals surface area contributed by atoms with E-state index in [1.807, 2.05) is 35.9 Å². The highest BCUT2D eigenvalue weighted by Gasteiger charge is 2.14. The largest absolute Gasteiger partial charge is 0.308 e. The summed E-state index contributed by atoms with van der Waals surface area (Å²) in [4.78, 5) is 9.25. The fourth-order valence-electron chi connectivity index (χ4n) is 2.51. The molecule has 4 heteroatoms. The van der Waals surface area contributed by atoms with E-state index in [1.54, 1.807) is 0 Å². The van der Waals surface area contributed by atoms with Crippen LogP contribution in [-0.2, 0) is 6.54 Å². The van der Waals surface area contributed by atoms with Crippen molar-refractivity contribution >= 4 is 11.2 Å². The molecule has 0 unspecified atom stereocenters. The zero-order valence-electron chi connectivity index (χ0n) is 12.2. The molecule has 0 aliphatic rings. The highest BCUT2D eigenvalue weighted by Crippen LogP contribution is 2.26. The van der Waals surface area contributed by atoms with E-state index in [-0.39, 0.29) is 0 Å². The van der Waals surface area contributed by atoms with Crippen LogP contribution in [0, 0.1) is 25.2 Å². The van der Waals surface area contributed by atoms with Crippen LogP contribution in [0.5, 0.6) is 0 Å². The van der Waals surface area contributed by atoms with Crippen molar-refractivity contribution in [2.75, 3.05) is 0 Å². The normalized spacial score (nSPS) is 10.7. The van der Waals surface area contributed by atoms with Gasteiger partial charge in [0.2, 0.25) is 0 Å². The summed E-state index contributed by atoms with van der Waals surface area (Å²) >= 11 is 0. The average Bonchev–Trinajstić information content (AvgIpc) is 2.83. The Balaban J connectivity index is 2.26. The summed E-state index contributed by atoms with van der Waals surface area (Å²) in [6.45, 7) is 4.68. The molecule has 104 valence electrons. The van der Waals surface area contributed by atoms with Crippen LogP contribution in [0.15, 0.2) is 36.5 Å². The number of rotatable bonds is 3. The number of aromatic nitrogens is 3. The van der Waals surface area contributed by atoms with Crippen molar-refractivity contribution in [3.8, 4) is 17.5 Å². The molecule has 2 aromatic heterocycles. The molecule has 3 rings (SSSR count). The molecule has 3 aromatic rings. The second-order valence-electron chi connectivity index (χ2n) is 5.17. The Labute approximate surface area is 123 Å². The maximum Gasteiger partial charge on any atom is 0.160 e. The summed E-state index contributed by atoms with van der Waals surface area (Å²) < 4.78 is 2.04. The number of hydrogen-bond acceptors (Lipinski definition) is 3. The summed E-state index contributed by atoms with van der Waals surface area (Å²) in [5, 5.41) is 8.89. The molecule has 0 atom stereocenters. The lowest BCUT2D eigenvalue weighted by Gasteiger charge is -2.08. The maximum absolute atomic E-state index is 8.89. The summed E-state index contributed by atoms with van der Waals surface area (Å²) in [5.74, 6) is 0.886. The summed E-state index contributed by atoms with van der Waals surface area (Å²) in [6, 6.07) is 12.4. The van der Waals surface area contributed by atoms with Gasteiger partial charge in [-0.25, -0.2) is 9.97 Å². The number of hydrogen-bond donors (Lipinski definition) is 0. The van der Waals surface area contributed by atoms with Crippen molar-refractivity contribution in [3.63, 3.8) is 0 Å². The lowest BCUT2D eigenvalue weighted by Crippen LogP contribution is -2.02. The van der Waals surface area contributed by atoms with E-state index in [0.29, 0.717) is 13.0 Å². The van der Waals surface area contributed by atoms with Crippen molar-refractivity contribution in [1.82, 2.24) is 14.5 Å². The van der Waals surface area contributed by atoms with Crippen molar-refractivity contribution in [2.45, 2.75) is 26.8 Å². The van der Waals surface area contributed by atoms with Crippen molar-refractivity contribution in [2.24, 2.45) is 0 Å². The van der Waals surface area contributed by atoms with Gasteiger partial charge in [0, 0.05) is 18.3 Å². The molecule has 0 radical (unpaired) electrons. The molecule has 21 heavy (non-hydrogen) atoms. The van der Waals surface area contributed by atoms with Gasteiger partial charge in [-0.05, 0) is 31.0 Å². The van der Waals surface area contributed by atoms with Crippen LogP contribution in [0.2, 0.25) is 0 Å². The topological polar surface area (TPSA) is 54.5 Å². The monoisotopic (exact) mass is 276 g/mol. The second-order valence-corrected chi connectivity index (χ2v) is 5.17. The Hall–Kier alpha value is -2.67. The van der Waals surface area contributed by atoms with Gasteiger partial charge in [-0.1, -0.05) is 24.3 Å². The SMILES string of the molecule is Cc1cnc2c(c1)nc(-c1ccccc1C)n2CCC#N. The van der Waals surface area contributed by atoms with E-state index in [4.69, 9.17) is 10.2 Å². The Kier molecular flexibility index (Phi) is 3.41. The predicted molar refractivity (Wildman–Crippen MR) is 82.7 cm³/mol. The molecule has 4 nitrogen and oxygen atoms in total. The van der Waals surface area contributed by atoms with Crippen LogP contribution in [0.1, 0.15) is 17.5 Å². The van der Waals surface area contributed by atoms with Gasteiger partial charge >= 0.3 is 0 Å². The fourth-order valence-corrected chi connectivity index (χ4v) is 2.51. The van der Waals surface area contributed by atoms with Crippen molar-refractivity contribution in [1.29, 1.82) is 5.26 Å². The molecule has 0 saturated carbocycles. The Morgan fingerprint density at radius 1 is 1.24 bits per heavy atom.